The van der Waals surface area contributed by atoms with Crippen molar-refractivity contribution in [3.05, 3.63) is 34.0 Å². The molecule has 0 saturated heterocycles. The molecule has 1 aromatic carbocycles. The smallest absolute Gasteiger partial charge is 0.496 e. The number of benzene rings is 1. The predicted molar refractivity (Wildman–Crippen MR) is 114 cm³/mol. The third-order valence-corrected chi connectivity index (χ3v) is 5.95. The van der Waals surface area contributed by atoms with Crippen LogP contribution in [0.1, 0.15) is 90.2 Å². The van der Waals surface area contributed by atoms with E-state index < -0.39 is 16.3 Å². The Kier molecular flexibility index (Phi) is 13.4. The van der Waals surface area contributed by atoms with Crippen molar-refractivity contribution in [2.75, 3.05) is 13.1 Å². The number of para-hydroxylation sites is 1. The van der Waals surface area contributed by atoms with Crippen LogP contribution in [0.15, 0.2) is 18.2 Å². The van der Waals surface area contributed by atoms with Crippen molar-refractivity contribution >= 4 is 16.3 Å². The van der Waals surface area contributed by atoms with Crippen molar-refractivity contribution in [1.82, 2.24) is 4.31 Å². The molecule has 0 aliphatic heterocycles. The number of hydrogen-bond donors (Lipinski definition) is 0. The molecule has 29 heavy (non-hydrogen) atoms. The van der Waals surface area contributed by atoms with Crippen LogP contribution in [0.2, 0.25) is 0 Å². The van der Waals surface area contributed by atoms with Gasteiger partial charge in [-0.05, 0) is 35.8 Å². The molecule has 0 bridgehead atoms. The van der Waals surface area contributed by atoms with E-state index in [1.807, 2.05) is 59.7 Å². The number of unbranched alkanes of at least 4 members (excludes halogenated alkanes) is 2. The van der Waals surface area contributed by atoms with Crippen LogP contribution >= 0.6 is 0 Å². The molecule has 0 aromatic heterocycles. The van der Waals surface area contributed by atoms with E-state index in [1.54, 1.807) is 0 Å². The van der Waals surface area contributed by atoms with Crippen LogP contribution in [0.25, 0.3) is 4.72 Å². The summed E-state index contributed by atoms with van der Waals surface area (Å²) >= 11 is 0. The Morgan fingerprint density at radius 3 is 1.83 bits per heavy atom. The van der Waals surface area contributed by atoms with Crippen LogP contribution in [-0.2, 0) is 10.2 Å². The summed E-state index contributed by atoms with van der Waals surface area (Å²) in [5.41, 5.74) is 1.72. The van der Waals surface area contributed by atoms with Gasteiger partial charge in [0.25, 0.3) is 0 Å². The van der Waals surface area contributed by atoms with Gasteiger partial charge in [0.15, 0.2) is 10.2 Å². The molecule has 0 spiro atoms. The van der Waals surface area contributed by atoms with Gasteiger partial charge in [0.2, 0.25) is 6.09 Å². The third-order valence-electron chi connectivity index (χ3n) is 4.55. The summed E-state index contributed by atoms with van der Waals surface area (Å²) in [6.07, 6.45) is 2.08. The SMILES string of the molecule is CCCCN(CCCC)S(=O)(=O)[N-]C(=O)Oc1c(C(C)C)cccc1C(C)C.[Na+]. The Labute approximate surface area is 199 Å². The van der Waals surface area contributed by atoms with Gasteiger partial charge in [-0.25, -0.2) is 12.7 Å². The Bertz CT molecular complexity index is 702. The maximum atomic E-state index is 12.6. The van der Waals surface area contributed by atoms with Crippen molar-refractivity contribution in [1.29, 1.82) is 0 Å². The quantitative estimate of drug-likeness (QED) is 0.502. The van der Waals surface area contributed by atoms with Gasteiger partial charge in [0.1, 0.15) is 5.75 Å². The van der Waals surface area contributed by atoms with E-state index >= 15 is 0 Å². The molecule has 0 atom stereocenters. The number of carbonyl (C=O) groups is 1. The molecule has 0 saturated carbocycles. The van der Waals surface area contributed by atoms with Crippen molar-refractivity contribution in [2.45, 2.75) is 79.1 Å². The normalized spacial score (nSPS) is 11.6. The fraction of sp³-hybridized carbons (Fsp3) is 0.667. The molecule has 0 aliphatic rings. The molecular formula is C21H35N2NaO4S. The molecule has 0 radical (unpaired) electrons. The van der Waals surface area contributed by atoms with Gasteiger partial charge in [-0.15, -0.1) is 0 Å². The second-order valence-electron chi connectivity index (χ2n) is 7.62. The van der Waals surface area contributed by atoms with Gasteiger partial charge in [-0.3, -0.25) is 4.79 Å². The maximum Gasteiger partial charge on any atom is 1.00 e. The molecule has 0 fully saturated rings. The average Bonchev–Trinajstić information content (AvgIpc) is 2.60. The van der Waals surface area contributed by atoms with Crippen LogP contribution < -0.4 is 34.3 Å². The summed E-state index contributed by atoms with van der Waals surface area (Å²) in [4.78, 5) is 12.4. The maximum absolute atomic E-state index is 12.6. The van der Waals surface area contributed by atoms with Gasteiger partial charge in [0, 0.05) is 13.1 Å². The molecule has 6 nitrogen and oxygen atoms in total. The van der Waals surface area contributed by atoms with Gasteiger partial charge in [-0.2, -0.15) is 0 Å². The summed E-state index contributed by atoms with van der Waals surface area (Å²) in [5, 5.41) is 0. The summed E-state index contributed by atoms with van der Waals surface area (Å²) in [5.74, 6) is 0.678. The first-order valence-electron chi connectivity index (χ1n) is 10.2. The summed E-state index contributed by atoms with van der Waals surface area (Å²) < 4.78 is 35.5. The molecule has 160 valence electrons. The molecular weight excluding hydrogens is 399 g/mol. The van der Waals surface area contributed by atoms with E-state index in [0.29, 0.717) is 18.8 Å². The van der Waals surface area contributed by atoms with E-state index in [4.69, 9.17) is 4.74 Å². The van der Waals surface area contributed by atoms with E-state index in [9.17, 15) is 13.2 Å². The topological polar surface area (TPSA) is 77.8 Å². The molecule has 1 amide bonds. The van der Waals surface area contributed by atoms with Crippen LogP contribution in [0.5, 0.6) is 5.75 Å². The number of hydrogen-bond acceptors (Lipinski definition) is 4. The predicted octanol–water partition coefficient (Wildman–Crippen LogP) is 2.96. The Morgan fingerprint density at radius 2 is 1.45 bits per heavy atom. The van der Waals surface area contributed by atoms with Crippen molar-refractivity contribution in [3.8, 4) is 5.75 Å². The van der Waals surface area contributed by atoms with E-state index in [1.165, 1.54) is 4.31 Å². The monoisotopic (exact) mass is 434 g/mol. The number of rotatable bonds is 11. The van der Waals surface area contributed by atoms with Crippen LogP contribution in [0.4, 0.5) is 4.79 Å². The van der Waals surface area contributed by atoms with Crippen LogP contribution in [-0.4, -0.2) is 31.9 Å². The fourth-order valence-corrected chi connectivity index (χ4v) is 3.93. The molecule has 0 heterocycles. The third kappa shape index (κ3) is 8.97. The average molecular weight is 435 g/mol. The zero-order valence-corrected chi connectivity index (χ0v) is 21.9. The molecule has 1 rings (SSSR count). The minimum Gasteiger partial charge on any atom is -0.496 e. The number of nitrogens with zero attached hydrogens (tertiary/aromatic N) is 2. The second kappa shape index (κ2) is 13.7. The molecule has 1 aromatic rings. The molecule has 0 aliphatic carbocycles. The first kappa shape index (κ1) is 28.4. The van der Waals surface area contributed by atoms with Crippen LogP contribution in [0, 0.1) is 0 Å². The van der Waals surface area contributed by atoms with Gasteiger partial charge >= 0.3 is 29.6 Å². The van der Waals surface area contributed by atoms with Gasteiger partial charge in [0.05, 0.1) is 0 Å². The zero-order valence-electron chi connectivity index (χ0n) is 19.1. The zero-order chi connectivity index (χ0) is 21.3. The van der Waals surface area contributed by atoms with E-state index in [2.05, 4.69) is 4.72 Å². The first-order valence-corrected chi connectivity index (χ1v) is 11.6. The van der Waals surface area contributed by atoms with Crippen molar-refractivity contribution < 1.29 is 47.5 Å². The largest absolute Gasteiger partial charge is 1.00 e. The van der Waals surface area contributed by atoms with Crippen molar-refractivity contribution in [3.63, 3.8) is 0 Å². The minimum atomic E-state index is -4.07. The second-order valence-corrected chi connectivity index (χ2v) is 9.21. The van der Waals surface area contributed by atoms with E-state index in [0.717, 1.165) is 36.8 Å². The Balaban J connectivity index is 0.00000784. The standard InChI is InChI=1S/C21H36N2O4S.Na/c1-7-9-14-23(15-10-8-2)28(25,26)22-21(24)27-20-18(16(3)4)12-11-13-19(20)17(5)6;/h11-13,16-17H,7-10,14-15H2,1-6H3,(H,22,24);/q;+1/p-1. The van der Waals surface area contributed by atoms with Gasteiger partial charge < -0.3 is 9.46 Å². The summed E-state index contributed by atoms with van der Waals surface area (Å²) in [6.45, 7) is 12.7. The summed E-state index contributed by atoms with van der Waals surface area (Å²) in [7, 11) is -4.07. The minimum absolute atomic E-state index is 0. The van der Waals surface area contributed by atoms with Crippen LogP contribution in [0.3, 0.4) is 0 Å². The molecule has 0 unspecified atom stereocenters. The Hall–Kier alpha value is -0.600. The fourth-order valence-electron chi connectivity index (χ4n) is 2.87. The number of carbonyl (C=O) groups excluding carboxylic acids is 1. The van der Waals surface area contributed by atoms with Crippen molar-refractivity contribution in [2.24, 2.45) is 0 Å². The Morgan fingerprint density at radius 1 is 1.00 bits per heavy atom. The number of ether oxygens (including phenoxy) is 1. The van der Waals surface area contributed by atoms with E-state index in [-0.39, 0.29) is 41.4 Å². The molecule has 0 N–H and O–H groups in total. The number of amides is 1. The van der Waals surface area contributed by atoms with Gasteiger partial charge in [-0.1, -0.05) is 72.6 Å². The first-order chi connectivity index (χ1) is 13.1. The molecule has 8 heteroatoms. The summed E-state index contributed by atoms with van der Waals surface area (Å²) in [6, 6.07) is 5.71.